The number of benzene rings is 2. The summed E-state index contributed by atoms with van der Waals surface area (Å²) in [7, 11) is -1.90. The fraction of sp³-hybridized carbons (Fsp3) is 0.375. The van der Waals surface area contributed by atoms with Crippen molar-refractivity contribution in [3.63, 3.8) is 0 Å². The Morgan fingerprint density at radius 2 is 1.78 bits per heavy atom. The second-order valence-corrected chi connectivity index (χ2v) is 9.52. The zero-order valence-electron chi connectivity index (χ0n) is 18.5. The van der Waals surface area contributed by atoms with Gasteiger partial charge in [0.15, 0.2) is 18.1 Å². The first-order valence-corrected chi connectivity index (χ1v) is 12.2. The topological polar surface area (TPSA) is 84.9 Å². The Hall–Kier alpha value is -2.84. The second kappa shape index (κ2) is 11.2. The highest BCUT2D eigenvalue weighted by Gasteiger charge is 2.25. The molecule has 2 aromatic rings. The highest BCUT2D eigenvalue weighted by Crippen LogP contribution is 2.28. The van der Waals surface area contributed by atoms with Gasteiger partial charge in [0.05, 0.1) is 12.0 Å². The maximum absolute atomic E-state index is 12.7. The number of ether oxygens (including phenoxy) is 2. The van der Waals surface area contributed by atoms with Gasteiger partial charge in [-0.05, 0) is 55.2 Å². The van der Waals surface area contributed by atoms with E-state index in [1.165, 1.54) is 0 Å². The van der Waals surface area contributed by atoms with Crippen LogP contribution in [0.3, 0.4) is 0 Å². The van der Waals surface area contributed by atoms with Crippen molar-refractivity contribution >= 4 is 22.0 Å². The fourth-order valence-electron chi connectivity index (χ4n) is 3.53. The molecule has 2 aromatic carbocycles. The van der Waals surface area contributed by atoms with Crippen molar-refractivity contribution in [2.45, 2.75) is 37.6 Å². The number of hydrogen-bond acceptors (Lipinski definition) is 5. The molecular formula is C24H30N2O5S. The number of allylic oxidation sites excluding steroid dienone is 1. The molecule has 0 bridgehead atoms. The number of piperidine rings is 1. The zero-order chi connectivity index (χ0) is 23.0. The molecule has 0 spiro atoms. The number of sulfonamides is 1. The molecule has 0 aromatic heterocycles. The van der Waals surface area contributed by atoms with E-state index in [-0.39, 0.29) is 24.0 Å². The molecule has 0 radical (unpaired) electrons. The maximum atomic E-state index is 12.7. The van der Waals surface area contributed by atoms with Crippen LogP contribution in [0.4, 0.5) is 0 Å². The zero-order valence-corrected chi connectivity index (χ0v) is 19.4. The predicted octanol–water partition coefficient (Wildman–Crippen LogP) is 3.60. The molecule has 1 heterocycles. The van der Waals surface area contributed by atoms with Crippen LogP contribution in [0.2, 0.25) is 0 Å². The normalized spacial score (nSPS) is 14.9. The number of hydrogen-bond donors (Lipinski definition) is 1. The molecule has 0 atom stereocenters. The van der Waals surface area contributed by atoms with Crippen molar-refractivity contribution in [1.82, 2.24) is 9.62 Å². The van der Waals surface area contributed by atoms with Crippen LogP contribution in [-0.4, -0.2) is 45.4 Å². The number of nitrogens with zero attached hydrogens (tertiary/aromatic N) is 1. The SMILES string of the molecule is CC=Cc1ccc(OCC(=O)NCc2ccc(S(=O)(=O)N3CCCCC3)cc2)c(OC)c1. The second-order valence-electron chi connectivity index (χ2n) is 7.58. The third-order valence-corrected chi connectivity index (χ3v) is 7.18. The standard InChI is InChI=1S/C24H30N2O5S/c1-3-7-19-10-13-22(23(16-19)30-2)31-18-24(27)25-17-20-8-11-21(12-9-20)32(28,29)26-14-5-4-6-15-26/h3,7-13,16H,4-6,14-15,17-18H2,1-2H3,(H,25,27). The summed E-state index contributed by atoms with van der Waals surface area (Å²) in [6.07, 6.45) is 6.75. The molecule has 0 unspecified atom stereocenters. The summed E-state index contributed by atoms with van der Waals surface area (Å²) in [6.45, 7) is 3.21. The minimum atomic E-state index is -3.45. The van der Waals surface area contributed by atoms with Gasteiger partial charge in [0.2, 0.25) is 10.0 Å². The fourth-order valence-corrected chi connectivity index (χ4v) is 5.05. The van der Waals surface area contributed by atoms with Crippen molar-refractivity contribution in [2.75, 3.05) is 26.8 Å². The first-order chi connectivity index (χ1) is 15.4. The summed E-state index contributed by atoms with van der Waals surface area (Å²) in [6, 6.07) is 12.1. The average Bonchev–Trinajstić information content (AvgIpc) is 2.82. The summed E-state index contributed by atoms with van der Waals surface area (Å²) in [4.78, 5) is 12.5. The lowest BCUT2D eigenvalue weighted by molar-refractivity contribution is -0.123. The molecule has 3 rings (SSSR count). The van der Waals surface area contributed by atoms with Gasteiger partial charge in [0, 0.05) is 19.6 Å². The summed E-state index contributed by atoms with van der Waals surface area (Å²) >= 11 is 0. The van der Waals surface area contributed by atoms with Crippen LogP contribution in [0, 0.1) is 0 Å². The molecule has 7 nitrogen and oxygen atoms in total. The molecule has 1 amide bonds. The Morgan fingerprint density at radius 3 is 2.44 bits per heavy atom. The third kappa shape index (κ3) is 6.11. The highest BCUT2D eigenvalue weighted by atomic mass is 32.2. The number of methoxy groups -OCH3 is 1. The van der Waals surface area contributed by atoms with E-state index in [1.54, 1.807) is 41.7 Å². The molecule has 1 aliphatic rings. The van der Waals surface area contributed by atoms with E-state index in [0.29, 0.717) is 24.6 Å². The van der Waals surface area contributed by atoms with Gasteiger partial charge in [-0.15, -0.1) is 0 Å². The van der Waals surface area contributed by atoms with Crippen LogP contribution in [-0.2, 0) is 21.4 Å². The van der Waals surface area contributed by atoms with E-state index in [0.717, 1.165) is 30.4 Å². The smallest absolute Gasteiger partial charge is 0.258 e. The Balaban J connectivity index is 1.52. The van der Waals surface area contributed by atoms with Gasteiger partial charge >= 0.3 is 0 Å². The van der Waals surface area contributed by atoms with Crippen molar-refractivity contribution < 1.29 is 22.7 Å². The number of amides is 1. The predicted molar refractivity (Wildman–Crippen MR) is 124 cm³/mol. The average molecular weight is 459 g/mol. The van der Waals surface area contributed by atoms with Gasteiger partial charge in [-0.1, -0.05) is 36.8 Å². The molecular weight excluding hydrogens is 428 g/mol. The van der Waals surface area contributed by atoms with E-state index in [2.05, 4.69) is 5.32 Å². The Bertz CT molecular complexity index is 1040. The van der Waals surface area contributed by atoms with Crippen LogP contribution >= 0.6 is 0 Å². The van der Waals surface area contributed by atoms with E-state index in [9.17, 15) is 13.2 Å². The van der Waals surface area contributed by atoms with Crippen molar-refractivity contribution in [3.8, 4) is 11.5 Å². The first kappa shape index (κ1) is 23.8. The number of carbonyl (C=O) groups is 1. The number of nitrogens with one attached hydrogen (secondary N) is 1. The van der Waals surface area contributed by atoms with Gasteiger partial charge in [0.25, 0.3) is 5.91 Å². The van der Waals surface area contributed by atoms with Crippen LogP contribution in [0.25, 0.3) is 6.08 Å². The number of carbonyl (C=O) groups excluding carboxylic acids is 1. The summed E-state index contributed by atoms with van der Waals surface area (Å²) < 4.78 is 37.9. The van der Waals surface area contributed by atoms with Crippen molar-refractivity contribution in [1.29, 1.82) is 0 Å². The van der Waals surface area contributed by atoms with Crippen LogP contribution in [0.5, 0.6) is 11.5 Å². The lowest BCUT2D eigenvalue weighted by Gasteiger charge is -2.25. The molecule has 32 heavy (non-hydrogen) atoms. The Labute approximate surface area is 190 Å². The molecule has 0 saturated carbocycles. The van der Waals surface area contributed by atoms with Crippen molar-refractivity contribution in [2.24, 2.45) is 0 Å². The molecule has 0 aliphatic carbocycles. The minimum Gasteiger partial charge on any atom is -0.493 e. The van der Waals surface area contributed by atoms with E-state index in [4.69, 9.17) is 9.47 Å². The Morgan fingerprint density at radius 1 is 1.06 bits per heavy atom. The first-order valence-electron chi connectivity index (χ1n) is 10.7. The van der Waals surface area contributed by atoms with Gasteiger partial charge in [-0.25, -0.2) is 8.42 Å². The molecule has 1 saturated heterocycles. The number of rotatable bonds is 9. The van der Waals surface area contributed by atoms with Gasteiger partial charge in [-0.2, -0.15) is 4.31 Å². The van der Waals surface area contributed by atoms with E-state index >= 15 is 0 Å². The van der Waals surface area contributed by atoms with Gasteiger partial charge < -0.3 is 14.8 Å². The Kier molecular flexibility index (Phi) is 8.30. The van der Waals surface area contributed by atoms with E-state index in [1.807, 2.05) is 31.2 Å². The quantitative estimate of drug-likeness (QED) is 0.621. The van der Waals surface area contributed by atoms with Crippen molar-refractivity contribution in [3.05, 3.63) is 59.7 Å². The van der Waals surface area contributed by atoms with Gasteiger partial charge in [-0.3, -0.25) is 4.79 Å². The lowest BCUT2D eigenvalue weighted by atomic mass is 10.2. The van der Waals surface area contributed by atoms with E-state index < -0.39 is 10.0 Å². The van der Waals surface area contributed by atoms with Crippen LogP contribution < -0.4 is 14.8 Å². The highest BCUT2D eigenvalue weighted by molar-refractivity contribution is 7.89. The van der Waals surface area contributed by atoms with Crippen LogP contribution in [0.15, 0.2) is 53.4 Å². The summed E-state index contributed by atoms with van der Waals surface area (Å²) in [5.74, 6) is 0.761. The molecule has 1 aliphatic heterocycles. The molecule has 1 N–H and O–H groups in total. The van der Waals surface area contributed by atoms with Crippen LogP contribution in [0.1, 0.15) is 37.3 Å². The monoisotopic (exact) mass is 458 g/mol. The summed E-state index contributed by atoms with van der Waals surface area (Å²) in [5, 5.41) is 2.78. The largest absolute Gasteiger partial charge is 0.493 e. The molecule has 1 fully saturated rings. The van der Waals surface area contributed by atoms with Gasteiger partial charge in [0.1, 0.15) is 0 Å². The minimum absolute atomic E-state index is 0.152. The third-order valence-electron chi connectivity index (χ3n) is 5.27. The molecule has 8 heteroatoms. The lowest BCUT2D eigenvalue weighted by Crippen LogP contribution is -2.35. The molecule has 172 valence electrons. The summed E-state index contributed by atoms with van der Waals surface area (Å²) in [5.41, 5.74) is 1.79. The maximum Gasteiger partial charge on any atom is 0.258 e.